The SMILES string of the molecule is CC(C)COCCOCCNCc1ccc(Cl)s1. The summed E-state index contributed by atoms with van der Waals surface area (Å²) in [5, 5.41) is 3.31. The zero-order valence-corrected chi connectivity index (χ0v) is 12.6. The molecule has 5 heteroatoms. The average molecular weight is 292 g/mol. The standard InChI is InChI=1S/C13H22ClNO2S/c1-11(2)10-17-8-7-16-6-5-15-9-12-3-4-13(14)18-12/h3-4,11,15H,5-10H2,1-2H3. The molecule has 0 radical (unpaired) electrons. The van der Waals surface area contributed by atoms with Crippen molar-refractivity contribution in [2.75, 3.05) is 33.0 Å². The second kappa shape index (κ2) is 9.75. The van der Waals surface area contributed by atoms with Gasteiger partial charge in [0.25, 0.3) is 0 Å². The third kappa shape index (κ3) is 8.06. The van der Waals surface area contributed by atoms with Crippen LogP contribution in [-0.4, -0.2) is 33.0 Å². The molecule has 1 heterocycles. The van der Waals surface area contributed by atoms with E-state index in [2.05, 4.69) is 19.2 Å². The highest BCUT2D eigenvalue weighted by Crippen LogP contribution is 2.20. The molecule has 3 nitrogen and oxygen atoms in total. The van der Waals surface area contributed by atoms with E-state index in [1.807, 2.05) is 12.1 Å². The molecule has 0 saturated heterocycles. The summed E-state index contributed by atoms with van der Waals surface area (Å²) >= 11 is 7.45. The van der Waals surface area contributed by atoms with Gasteiger partial charge in [-0.25, -0.2) is 0 Å². The molecular weight excluding hydrogens is 270 g/mol. The molecule has 0 bridgehead atoms. The largest absolute Gasteiger partial charge is 0.379 e. The highest BCUT2D eigenvalue weighted by Gasteiger charge is 1.97. The van der Waals surface area contributed by atoms with Crippen molar-refractivity contribution >= 4 is 22.9 Å². The van der Waals surface area contributed by atoms with Crippen LogP contribution < -0.4 is 5.32 Å². The van der Waals surface area contributed by atoms with Crippen molar-refractivity contribution in [3.8, 4) is 0 Å². The average Bonchev–Trinajstić information content (AvgIpc) is 2.72. The van der Waals surface area contributed by atoms with Gasteiger partial charge < -0.3 is 14.8 Å². The van der Waals surface area contributed by atoms with Crippen LogP contribution in [0.4, 0.5) is 0 Å². The maximum atomic E-state index is 5.85. The predicted octanol–water partition coefficient (Wildman–Crippen LogP) is 3.18. The topological polar surface area (TPSA) is 30.5 Å². The Hall–Kier alpha value is -0.130. The van der Waals surface area contributed by atoms with Crippen LogP contribution in [0.5, 0.6) is 0 Å². The second-order valence-corrected chi connectivity index (χ2v) is 6.26. The maximum absolute atomic E-state index is 5.85. The Balaban J connectivity index is 1.84. The van der Waals surface area contributed by atoms with Gasteiger partial charge in [0.05, 0.1) is 24.2 Å². The number of ether oxygens (including phenoxy) is 2. The highest BCUT2D eigenvalue weighted by molar-refractivity contribution is 7.16. The summed E-state index contributed by atoms with van der Waals surface area (Å²) in [6.45, 7) is 8.84. The summed E-state index contributed by atoms with van der Waals surface area (Å²) in [6.07, 6.45) is 0. The van der Waals surface area contributed by atoms with Gasteiger partial charge in [-0.2, -0.15) is 0 Å². The lowest BCUT2D eigenvalue weighted by Gasteiger charge is -2.08. The van der Waals surface area contributed by atoms with Gasteiger partial charge in [-0.1, -0.05) is 25.4 Å². The van der Waals surface area contributed by atoms with Gasteiger partial charge in [0.1, 0.15) is 0 Å². The molecule has 0 unspecified atom stereocenters. The molecule has 1 N–H and O–H groups in total. The fourth-order valence-corrected chi connectivity index (χ4v) is 2.40. The van der Waals surface area contributed by atoms with Gasteiger partial charge in [0.2, 0.25) is 0 Å². The molecule has 0 aliphatic heterocycles. The van der Waals surface area contributed by atoms with E-state index in [0.29, 0.717) is 25.7 Å². The van der Waals surface area contributed by atoms with Crippen LogP contribution in [0, 0.1) is 5.92 Å². The smallest absolute Gasteiger partial charge is 0.0931 e. The van der Waals surface area contributed by atoms with E-state index in [1.54, 1.807) is 11.3 Å². The molecule has 0 atom stereocenters. The zero-order valence-electron chi connectivity index (χ0n) is 11.1. The van der Waals surface area contributed by atoms with Crippen LogP contribution in [-0.2, 0) is 16.0 Å². The first kappa shape index (κ1) is 15.9. The summed E-state index contributed by atoms with van der Waals surface area (Å²) in [6, 6.07) is 3.96. The Morgan fingerprint density at radius 2 is 2.00 bits per heavy atom. The molecular formula is C13H22ClNO2S. The molecule has 18 heavy (non-hydrogen) atoms. The highest BCUT2D eigenvalue weighted by atomic mass is 35.5. The Morgan fingerprint density at radius 1 is 1.22 bits per heavy atom. The summed E-state index contributed by atoms with van der Waals surface area (Å²) < 4.78 is 11.7. The van der Waals surface area contributed by atoms with Gasteiger partial charge in [0, 0.05) is 24.6 Å². The minimum Gasteiger partial charge on any atom is -0.379 e. The Bertz CT molecular complexity index is 318. The van der Waals surface area contributed by atoms with Crippen LogP contribution in [0.2, 0.25) is 4.34 Å². The number of nitrogens with one attached hydrogen (secondary N) is 1. The third-order valence-corrected chi connectivity index (χ3v) is 3.41. The van der Waals surface area contributed by atoms with E-state index in [9.17, 15) is 0 Å². The predicted molar refractivity (Wildman–Crippen MR) is 77.5 cm³/mol. The maximum Gasteiger partial charge on any atom is 0.0931 e. The van der Waals surface area contributed by atoms with E-state index in [-0.39, 0.29) is 0 Å². The van der Waals surface area contributed by atoms with Crippen molar-refractivity contribution in [3.05, 3.63) is 21.3 Å². The molecule has 0 saturated carbocycles. The molecule has 1 aromatic heterocycles. The van der Waals surface area contributed by atoms with E-state index in [1.165, 1.54) is 4.88 Å². The number of thiophene rings is 1. The third-order valence-electron chi connectivity index (χ3n) is 2.17. The van der Waals surface area contributed by atoms with E-state index >= 15 is 0 Å². The van der Waals surface area contributed by atoms with Crippen molar-refractivity contribution < 1.29 is 9.47 Å². The van der Waals surface area contributed by atoms with Gasteiger partial charge in [-0.05, 0) is 18.1 Å². The van der Waals surface area contributed by atoms with Gasteiger partial charge in [-0.15, -0.1) is 11.3 Å². The first-order chi connectivity index (χ1) is 8.68. The first-order valence-corrected chi connectivity index (χ1v) is 7.48. The van der Waals surface area contributed by atoms with Crippen LogP contribution in [0.1, 0.15) is 18.7 Å². The summed E-state index contributed by atoms with van der Waals surface area (Å²) in [7, 11) is 0. The molecule has 0 amide bonds. The molecule has 0 aromatic carbocycles. The Labute approximate surface area is 118 Å². The van der Waals surface area contributed by atoms with Crippen molar-refractivity contribution in [2.24, 2.45) is 5.92 Å². The zero-order chi connectivity index (χ0) is 13.2. The molecule has 1 rings (SSSR count). The summed E-state index contributed by atoms with van der Waals surface area (Å²) in [4.78, 5) is 1.25. The summed E-state index contributed by atoms with van der Waals surface area (Å²) in [5.74, 6) is 0.587. The lowest BCUT2D eigenvalue weighted by Crippen LogP contribution is -2.20. The van der Waals surface area contributed by atoms with E-state index in [4.69, 9.17) is 21.1 Å². The normalized spacial score (nSPS) is 11.3. The fourth-order valence-electron chi connectivity index (χ4n) is 1.34. The number of hydrogen-bond acceptors (Lipinski definition) is 4. The molecule has 0 spiro atoms. The van der Waals surface area contributed by atoms with Crippen LogP contribution in [0.25, 0.3) is 0 Å². The monoisotopic (exact) mass is 291 g/mol. The van der Waals surface area contributed by atoms with Crippen molar-refractivity contribution in [1.82, 2.24) is 5.32 Å². The second-order valence-electron chi connectivity index (χ2n) is 4.46. The van der Waals surface area contributed by atoms with Crippen molar-refractivity contribution in [1.29, 1.82) is 0 Å². The minimum absolute atomic E-state index is 0.587. The molecule has 0 fully saturated rings. The van der Waals surface area contributed by atoms with Crippen LogP contribution in [0.3, 0.4) is 0 Å². The summed E-state index contributed by atoms with van der Waals surface area (Å²) in [5.41, 5.74) is 0. The van der Waals surface area contributed by atoms with Gasteiger partial charge >= 0.3 is 0 Å². The molecule has 0 aliphatic rings. The number of hydrogen-bond donors (Lipinski definition) is 1. The molecule has 104 valence electrons. The molecule has 1 aromatic rings. The van der Waals surface area contributed by atoms with Crippen LogP contribution in [0.15, 0.2) is 12.1 Å². The first-order valence-electron chi connectivity index (χ1n) is 6.29. The van der Waals surface area contributed by atoms with Crippen molar-refractivity contribution in [3.63, 3.8) is 0 Å². The molecule has 0 aliphatic carbocycles. The van der Waals surface area contributed by atoms with Crippen LogP contribution >= 0.6 is 22.9 Å². The number of rotatable bonds is 10. The fraction of sp³-hybridized carbons (Fsp3) is 0.692. The number of halogens is 1. The Kier molecular flexibility index (Phi) is 8.63. The lowest BCUT2D eigenvalue weighted by atomic mass is 10.2. The van der Waals surface area contributed by atoms with Crippen molar-refractivity contribution in [2.45, 2.75) is 20.4 Å². The van der Waals surface area contributed by atoms with E-state index < -0.39 is 0 Å². The minimum atomic E-state index is 0.587. The van der Waals surface area contributed by atoms with E-state index in [0.717, 1.165) is 24.0 Å². The Morgan fingerprint density at radius 3 is 2.67 bits per heavy atom. The van der Waals surface area contributed by atoms with Gasteiger partial charge in [0.15, 0.2) is 0 Å². The van der Waals surface area contributed by atoms with Gasteiger partial charge in [-0.3, -0.25) is 0 Å². The quantitative estimate of drug-likeness (QED) is 0.672. The lowest BCUT2D eigenvalue weighted by molar-refractivity contribution is 0.0387.